The number of nitrogens with zero attached hydrogens (tertiary/aromatic N) is 1. The van der Waals surface area contributed by atoms with Gasteiger partial charge in [-0.05, 0) is 25.0 Å². The maximum atomic E-state index is 6.15. The molecule has 0 saturated carbocycles. The van der Waals surface area contributed by atoms with Crippen molar-refractivity contribution in [2.24, 2.45) is 0 Å². The van der Waals surface area contributed by atoms with Crippen LogP contribution in [0, 0.1) is 24.7 Å². The van der Waals surface area contributed by atoms with Gasteiger partial charge in [-0.15, -0.1) is 12.8 Å². The van der Waals surface area contributed by atoms with E-state index in [1.807, 2.05) is 23.1 Å². The smallest absolute Gasteiger partial charge is 0.163 e. The third-order valence-electron chi connectivity index (χ3n) is 5.37. The van der Waals surface area contributed by atoms with Crippen LogP contribution in [0.5, 0.6) is 11.5 Å². The second-order valence-corrected chi connectivity index (χ2v) is 8.13. The van der Waals surface area contributed by atoms with Gasteiger partial charge in [0.2, 0.25) is 0 Å². The standard InChI is InChI=1S/C28H43NO2/c1-5-9-11-13-15-17-23-30-27-20-19-26(29(21-7-3)22-8-4)25-28(27)31-24-18-16-14-12-10-6-2/h3-4,19-20,25H,5-6,9-18,21-24H2,1-2H3. The van der Waals surface area contributed by atoms with Crippen LogP contribution in [0.25, 0.3) is 0 Å². The minimum Gasteiger partial charge on any atom is -0.490 e. The van der Waals surface area contributed by atoms with Crippen molar-refractivity contribution in [2.75, 3.05) is 31.2 Å². The Hall–Kier alpha value is -2.26. The second kappa shape index (κ2) is 18.5. The summed E-state index contributed by atoms with van der Waals surface area (Å²) >= 11 is 0. The topological polar surface area (TPSA) is 21.7 Å². The quantitative estimate of drug-likeness (QED) is 0.172. The van der Waals surface area contributed by atoms with Crippen molar-refractivity contribution in [3.63, 3.8) is 0 Å². The van der Waals surface area contributed by atoms with Crippen LogP contribution in [0.1, 0.15) is 90.9 Å². The molecule has 0 aromatic heterocycles. The Labute approximate surface area is 191 Å². The number of rotatable bonds is 19. The van der Waals surface area contributed by atoms with Gasteiger partial charge < -0.3 is 14.4 Å². The second-order valence-electron chi connectivity index (χ2n) is 8.13. The number of hydrogen-bond acceptors (Lipinski definition) is 3. The average molecular weight is 426 g/mol. The van der Waals surface area contributed by atoms with E-state index in [0.29, 0.717) is 19.7 Å². The molecule has 0 aliphatic carbocycles. The van der Waals surface area contributed by atoms with Crippen molar-refractivity contribution in [3.8, 4) is 36.2 Å². The molecule has 0 aliphatic heterocycles. The van der Waals surface area contributed by atoms with Crippen LogP contribution in [-0.2, 0) is 0 Å². The van der Waals surface area contributed by atoms with Crippen LogP contribution in [0.3, 0.4) is 0 Å². The molecule has 1 aromatic rings. The molecule has 0 N–H and O–H groups in total. The van der Waals surface area contributed by atoms with E-state index in [9.17, 15) is 0 Å². The lowest BCUT2D eigenvalue weighted by Gasteiger charge is -2.22. The summed E-state index contributed by atoms with van der Waals surface area (Å²) in [5.74, 6) is 6.96. The zero-order valence-electron chi connectivity index (χ0n) is 20.0. The first-order valence-electron chi connectivity index (χ1n) is 12.3. The van der Waals surface area contributed by atoms with E-state index in [4.69, 9.17) is 22.3 Å². The van der Waals surface area contributed by atoms with Crippen LogP contribution in [0.4, 0.5) is 5.69 Å². The Morgan fingerprint density at radius 2 is 1.16 bits per heavy atom. The van der Waals surface area contributed by atoms with Crippen molar-refractivity contribution in [1.29, 1.82) is 0 Å². The molecule has 0 unspecified atom stereocenters. The zero-order chi connectivity index (χ0) is 22.6. The SMILES string of the molecule is C#CCN(CC#C)c1ccc(OCCCCCCCC)c(OCCCCCCCC)c1. The number of unbranched alkanes of at least 4 members (excludes halogenated alkanes) is 10. The van der Waals surface area contributed by atoms with Crippen molar-refractivity contribution in [1.82, 2.24) is 0 Å². The predicted molar refractivity (Wildman–Crippen MR) is 134 cm³/mol. The third kappa shape index (κ3) is 12.2. The van der Waals surface area contributed by atoms with Crippen LogP contribution in [-0.4, -0.2) is 26.3 Å². The molecule has 31 heavy (non-hydrogen) atoms. The van der Waals surface area contributed by atoms with Crippen LogP contribution in [0.2, 0.25) is 0 Å². The maximum Gasteiger partial charge on any atom is 0.163 e. The van der Waals surface area contributed by atoms with Gasteiger partial charge in [0.15, 0.2) is 11.5 Å². The first-order valence-corrected chi connectivity index (χ1v) is 12.3. The molecule has 0 fully saturated rings. The lowest BCUT2D eigenvalue weighted by molar-refractivity contribution is 0.258. The van der Waals surface area contributed by atoms with Crippen molar-refractivity contribution >= 4 is 5.69 Å². The number of ether oxygens (including phenoxy) is 2. The van der Waals surface area contributed by atoms with E-state index < -0.39 is 0 Å². The van der Waals surface area contributed by atoms with Crippen molar-refractivity contribution < 1.29 is 9.47 Å². The largest absolute Gasteiger partial charge is 0.490 e. The summed E-state index contributed by atoms with van der Waals surface area (Å²) in [7, 11) is 0. The summed E-state index contributed by atoms with van der Waals surface area (Å²) in [6, 6.07) is 6.02. The molecule has 3 heteroatoms. The van der Waals surface area contributed by atoms with Gasteiger partial charge in [0.25, 0.3) is 0 Å². The molecule has 1 aromatic carbocycles. The molecule has 0 heterocycles. The Kier molecular flexibility index (Phi) is 16.0. The molecule has 0 bridgehead atoms. The summed E-state index contributed by atoms with van der Waals surface area (Å²) in [5, 5.41) is 0. The van der Waals surface area contributed by atoms with E-state index in [0.717, 1.165) is 36.6 Å². The van der Waals surface area contributed by atoms with Gasteiger partial charge >= 0.3 is 0 Å². The van der Waals surface area contributed by atoms with E-state index in [1.54, 1.807) is 0 Å². The Morgan fingerprint density at radius 3 is 1.68 bits per heavy atom. The summed E-state index contributed by atoms with van der Waals surface area (Å²) in [6.45, 7) is 6.85. The average Bonchev–Trinajstić information content (AvgIpc) is 2.78. The fourth-order valence-corrected chi connectivity index (χ4v) is 3.51. The molecular weight excluding hydrogens is 382 g/mol. The molecule has 0 aliphatic rings. The van der Waals surface area contributed by atoms with Gasteiger partial charge in [-0.25, -0.2) is 0 Å². The number of benzene rings is 1. The number of terminal acetylenes is 2. The van der Waals surface area contributed by atoms with Gasteiger partial charge in [0, 0.05) is 11.8 Å². The van der Waals surface area contributed by atoms with E-state index in [-0.39, 0.29) is 0 Å². The summed E-state index contributed by atoms with van der Waals surface area (Å²) < 4.78 is 12.2. The predicted octanol–water partition coefficient (Wildman–Crippen LogP) is 7.24. The molecule has 3 nitrogen and oxygen atoms in total. The highest BCUT2D eigenvalue weighted by atomic mass is 16.5. The van der Waals surface area contributed by atoms with Crippen LogP contribution in [0.15, 0.2) is 18.2 Å². The lowest BCUT2D eigenvalue weighted by atomic mass is 10.1. The molecule has 0 spiro atoms. The molecule has 1 rings (SSSR count). The molecule has 0 atom stereocenters. The highest BCUT2D eigenvalue weighted by molar-refractivity contribution is 5.57. The van der Waals surface area contributed by atoms with Gasteiger partial charge in [-0.3, -0.25) is 0 Å². The van der Waals surface area contributed by atoms with E-state index in [1.165, 1.54) is 64.2 Å². The van der Waals surface area contributed by atoms with Gasteiger partial charge in [0.1, 0.15) is 0 Å². The fourth-order valence-electron chi connectivity index (χ4n) is 3.51. The summed E-state index contributed by atoms with van der Waals surface area (Å²) in [6.07, 6.45) is 26.0. The Balaban J connectivity index is 2.66. The monoisotopic (exact) mass is 425 g/mol. The first kappa shape index (κ1) is 26.8. The maximum absolute atomic E-state index is 6.15. The van der Waals surface area contributed by atoms with E-state index >= 15 is 0 Å². The minimum atomic E-state index is 0.471. The van der Waals surface area contributed by atoms with Gasteiger partial charge in [-0.1, -0.05) is 89.9 Å². The molecular formula is C28H43NO2. The normalized spacial score (nSPS) is 10.3. The lowest BCUT2D eigenvalue weighted by Crippen LogP contribution is -2.23. The molecule has 0 saturated heterocycles. The van der Waals surface area contributed by atoms with Crippen LogP contribution < -0.4 is 14.4 Å². The molecule has 0 amide bonds. The Morgan fingerprint density at radius 1 is 0.677 bits per heavy atom. The summed E-state index contributed by atoms with van der Waals surface area (Å²) in [5.41, 5.74) is 0.973. The summed E-state index contributed by atoms with van der Waals surface area (Å²) in [4.78, 5) is 2.00. The van der Waals surface area contributed by atoms with Crippen LogP contribution >= 0.6 is 0 Å². The molecule has 0 radical (unpaired) electrons. The molecule has 172 valence electrons. The van der Waals surface area contributed by atoms with Crippen molar-refractivity contribution in [2.45, 2.75) is 90.9 Å². The van der Waals surface area contributed by atoms with E-state index in [2.05, 4.69) is 25.7 Å². The first-order chi connectivity index (χ1) is 15.3. The van der Waals surface area contributed by atoms with Gasteiger partial charge in [-0.2, -0.15) is 0 Å². The highest BCUT2D eigenvalue weighted by Crippen LogP contribution is 2.32. The Bertz CT molecular complexity index is 640. The minimum absolute atomic E-state index is 0.471. The third-order valence-corrected chi connectivity index (χ3v) is 5.37. The number of hydrogen-bond donors (Lipinski definition) is 0. The van der Waals surface area contributed by atoms with Crippen molar-refractivity contribution in [3.05, 3.63) is 18.2 Å². The number of anilines is 1. The highest BCUT2D eigenvalue weighted by Gasteiger charge is 2.11. The zero-order valence-corrected chi connectivity index (χ0v) is 20.0. The fraction of sp³-hybridized carbons (Fsp3) is 0.643. The van der Waals surface area contributed by atoms with Gasteiger partial charge in [0.05, 0.1) is 26.3 Å².